The summed E-state index contributed by atoms with van der Waals surface area (Å²) >= 11 is 0. The number of rotatable bonds is 4. The maximum Gasteiger partial charge on any atom is 0.414 e. The lowest BCUT2D eigenvalue weighted by Gasteiger charge is -2.06. The molecule has 2 aromatic heterocycles. The molecule has 0 aliphatic carbocycles. The number of fused-ring (bicyclic) bond motifs is 1. The van der Waals surface area contributed by atoms with Gasteiger partial charge in [-0.15, -0.1) is 0 Å². The van der Waals surface area contributed by atoms with Gasteiger partial charge in [0.05, 0.1) is 18.1 Å². The summed E-state index contributed by atoms with van der Waals surface area (Å²) in [5, 5.41) is 14.8. The number of pyridine rings is 1. The molecule has 0 atom stereocenters. The molecule has 2 aromatic carbocycles. The fourth-order valence-corrected chi connectivity index (χ4v) is 2.85. The second kappa shape index (κ2) is 9.84. The molecule has 0 spiro atoms. The van der Waals surface area contributed by atoms with E-state index < -0.39 is 11.9 Å². The number of ether oxygens (including phenoxy) is 1. The number of hydrogen-bond acceptors (Lipinski definition) is 5. The van der Waals surface area contributed by atoms with Gasteiger partial charge in [-0.1, -0.05) is 36.4 Å². The van der Waals surface area contributed by atoms with Crippen molar-refractivity contribution < 1.29 is 24.5 Å². The van der Waals surface area contributed by atoms with Gasteiger partial charge in [-0.25, -0.2) is 19.6 Å². The summed E-state index contributed by atoms with van der Waals surface area (Å²) in [4.78, 5) is 27.4. The lowest BCUT2D eigenvalue weighted by molar-refractivity contribution is -0.159. The Kier molecular flexibility index (Phi) is 6.74. The maximum absolute atomic E-state index is 9.10. The molecule has 0 bridgehead atoms. The standard InChI is InChI=1S/C21H17N3O.C2H2O4/c1-25-19-11-5-2-8-16(19)13-14-21-23-17-9-3-4-10-18(17)24(21)20-12-6-7-15-22-20;3-1(4)2(5)6/h2-15H,1H3;(H,3,4)(H,5,6)/b14-13+;. The van der Waals surface area contributed by atoms with Gasteiger partial charge >= 0.3 is 11.9 Å². The van der Waals surface area contributed by atoms with Crippen LogP contribution in [0.4, 0.5) is 0 Å². The van der Waals surface area contributed by atoms with Gasteiger partial charge in [-0.05, 0) is 42.5 Å². The van der Waals surface area contributed by atoms with Crippen LogP contribution in [0.15, 0.2) is 72.9 Å². The van der Waals surface area contributed by atoms with Crippen molar-refractivity contribution >= 4 is 35.1 Å². The number of aliphatic carboxylic acids is 2. The Bertz CT molecular complexity index is 1220. The molecule has 0 aliphatic rings. The molecule has 0 fully saturated rings. The first-order valence-electron chi connectivity index (χ1n) is 9.17. The van der Waals surface area contributed by atoms with Gasteiger partial charge in [-0.2, -0.15) is 0 Å². The van der Waals surface area contributed by atoms with E-state index in [-0.39, 0.29) is 0 Å². The van der Waals surface area contributed by atoms with Crippen molar-refractivity contribution in [2.75, 3.05) is 7.11 Å². The average Bonchev–Trinajstić information content (AvgIpc) is 3.17. The van der Waals surface area contributed by atoms with Crippen molar-refractivity contribution in [3.05, 3.63) is 84.3 Å². The SMILES string of the molecule is COc1ccccc1/C=C/c1nc2ccccc2n1-c1ccccn1.O=C(O)C(=O)O. The highest BCUT2D eigenvalue weighted by Gasteiger charge is 2.11. The molecule has 8 nitrogen and oxygen atoms in total. The molecule has 0 amide bonds. The van der Waals surface area contributed by atoms with E-state index in [4.69, 9.17) is 29.5 Å². The smallest absolute Gasteiger partial charge is 0.414 e. The van der Waals surface area contributed by atoms with Crippen LogP contribution in [0.25, 0.3) is 29.0 Å². The first-order valence-corrected chi connectivity index (χ1v) is 9.17. The van der Waals surface area contributed by atoms with Gasteiger partial charge in [0.1, 0.15) is 17.4 Å². The summed E-state index contributed by atoms with van der Waals surface area (Å²) in [7, 11) is 1.68. The van der Waals surface area contributed by atoms with Crippen molar-refractivity contribution in [2.45, 2.75) is 0 Å². The fraction of sp³-hybridized carbons (Fsp3) is 0.0435. The molecule has 0 saturated carbocycles. The van der Waals surface area contributed by atoms with Crippen molar-refractivity contribution in [1.82, 2.24) is 14.5 Å². The van der Waals surface area contributed by atoms with Crippen LogP contribution in [0, 0.1) is 0 Å². The molecule has 31 heavy (non-hydrogen) atoms. The van der Waals surface area contributed by atoms with Gasteiger partial charge in [0.2, 0.25) is 0 Å². The third-order valence-electron chi connectivity index (χ3n) is 4.20. The summed E-state index contributed by atoms with van der Waals surface area (Å²) < 4.78 is 7.47. The second-order valence-electron chi connectivity index (χ2n) is 6.17. The van der Waals surface area contributed by atoms with E-state index in [0.29, 0.717) is 0 Å². The molecule has 0 aliphatic heterocycles. The molecule has 0 saturated heterocycles. The lowest BCUT2D eigenvalue weighted by Crippen LogP contribution is -2.09. The van der Waals surface area contributed by atoms with E-state index in [1.54, 1.807) is 13.3 Å². The van der Waals surface area contributed by atoms with Crippen LogP contribution in [0.5, 0.6) is 5.75 Å². The topological polar surface area (TPSA) is 115 Å². The molecule has 0 radical (unpaired) electrons. The first-order chi connectivity index (χ1) is 15.0. The number of hydrogen-bond donors (Lipinski definition) is 2. The largest absolute Gasteiger partial charge is 0.496 e. The van der Waals surface area contributed by atoms with Crippen LogP contribution in [-0.4, -0.2) is 43.8 Å². The van der Waals surface area contributed by atoms with Gasteiger partial charge in [0.15, 0.2) is 0 Å². The molecule has 156 valence electrons. The maximum atomic E-state index is 9.10. The van der Waals surface area contributed by atoms with E-state index in [2.05, 4.69) is 15.6 Å². The van der Waals surface area contributed by atoms with E-state index in [1.807, 2.05) is 72.8 Å². The highest BCUT2D eigenvalue weighted by atomic mass is 16.5. The number of imidazole rings is 1. The van der Waals surface area contributed by atoms with Crippen LogP contribution < -0.4 is 4.74 Å². The second-order valence-corrected chi connectivity index (χ2v) is 6.17. The molecular formula is C23H19N3O5. The van der Waals surface area contributed by atoms with Crippen LogP contribution in [0.1, 0.15) is 11.4 Å². The summed E-state index contributed by atoms with van der Waals surface area (Å²) in [6, 6.07) is 21.8. The third-order valence-corrected chi connectivity index (χ3v) is 4.20. The first kappa shape index (κ1) is 21.3. The zero-order valence-electron chi connectivity index (χ0n) is 16.5. The summed E-state index contributed by atoms with van der Waals surface area (Å²) in [6.07, 6.45) is 5.80. The number of benzene rings is 2. The predicted octanol–water partition coefficient (Wildman–Crippen LogP) is 3.76. The third kappa shape index (κ3) is 5.13. The quantitative estimate of drug-likeness (QED) is 0.486. The highest BCUT2D eigenvalue weighted by Crippen LogP contribution is 2.24. The highest BCUT2D eigenvalue weighted by molar-refractivity contribution is 6.27. The van der Waals surface area contributed by atoms with Crippen molar-refractivity contribution in [3.63, 3.8) is 0 Å². The van der Waals surface area contributed by atoms with Crippen LogP contribution >= 0.6 is 0 Å². The van der Waals surface area contributed by atoms with E-state index in [1.165, 1.54) is 0 Å². The number of nitrogens with zero attached hydrogens (tertiary/aromatic N) is 3. The average molecular weight is 417 g/mol. The van der Waals surface area contributed by atoms with Crippen molar-refractivity contribution in [3.8, 4) is 11.6 Å². The number of para-hydroxylation sites is 3. The Balaban J connectivity index is 0.000000401. The number of carbonyl (C=O) groups is 2. The number of aromatic nitrogens is 3. The van der Waals surface area contributed by atoms with E-state index in [9.17, 15) is 0 Å². The van der Waals surface area contributed by atoms with Crippen molar-refractivity contribution in [1.29, 1.82) is 0 Å². The van der Waals surface area contributed by atoms with Gasteiger partial charge in [0.25, 0.3) is 0 Å². The summed E-state index contributed by atoms with van der Waals surface area (Å²) in [5.74, 6) is -1.15. The Morgan fingerprint density at radius 3 is 2.26 bits per heavy atom. The van der Waals surface area contributed by atoms with Gasteiger partial charge in [0, 0.05) is 11.8 Å². The van der Waals surface area contributed by atoms with E-state index >= 15 is 0 Å². The summed E-state index contributed by atoms with van der Waals surface area (Å²) in [6.45, 7) is 0. The number of carboxylic acids is 2. The van der Waals surface area contributed by atoms with Crippen LogP contribution in [0.3, 0.4) is 0 Å². The Morgan fingerprint density at radius 1 is 0.903 bits per heavy atom. The van der Waals surface area contributed by atoms with Crippen LogP contribution in [-0.2, 0) is 9.59 Å². The predicted molar refractivity (Wildman–Crippen MR) is 116 cm³/mol. The lowest BCUT2D eigenvalue weighted by atomic mass is 10.2. The molecule has 4 rings (SSSR count). The molecule has 4 aromatic rings. The minimum atomic E-state index is -1.82. The van der Waals surface area contributed by atoms with Gasteiger partial charge in [-0.3, -0.25) is 4.57 Å². The monoisotopic (exact) mass is 417 g/mol. The number of methoxy groups -OCH3 is 1. The molecule has 2 heterocycles. The van der Waals surface area contributed by atoms with Crippen LogP contribution in [0.2, 0.25) is 0 Å². The minimum Gasteiger partial charge on any atom is -0.496 e. The molecular weight excluding hydrogens is 398 g/mol. The van der Waals surface area contributed by atoms with Gasteiger partial charge < -0.3 is 14.9 Å². The molecule has 8 heteroatoms. The Hall–Kier alpha value is -4.46. The molecule has 2 N–H and O–H groups in total. The number of carboxylic acid groups (broad SMARTS) is 2. The minimum absolute atomic E-state index is 0.825. The molecule has 0 unspecified atom stereocenters. The van der Waals surface area contributed by atoms with E-state index in [0.717, 1.165) is 34.0 Å². The van der Waals surface area contributed by atoms with Crippen molar-refractivity contribution in [2.24, 2.45) is 0 Å². The summed E-state index contributed by atoms with van der Waals surface area (Å²) in [5.41, 5.74) is 2.97. The Morgan fingerprint density at radius 2 is 1.58 bits per heavy atom. The zero-order valence-corrected chi connectivity index (χ0v) is 16.5. The Labute approximate surface area is 177 Å². The zero-order chi connectivity index (χ0) is 22.2. The normalized spacial score (nSPS) is 10.5. The fourth-order valence-electron chi connectivity index (χ4n) is 2.85.